The Morgan fingerprint density at radius 1 is 1.16 bits per heavy atom. The van der Waals surface area contributed by atoms with Gasteiger partial charge in [0.2, 0.25) is 0 Å². The lowest BCUT2D eigenvalue weighted by Crippen LogP contribution is -2.04. The zero-order valence-corrected chi connectivity index (χ0v) is 10.8. The third kappa shape index (κ3) is 2.57. The number of imidazole rings is 1. The van der Waals surface area contributed by atoms with E-state index in [0.29, 0.717) is 6.61 Å². The number of hydrogen-bond acceptors (Lipinski definition) is 3. The minimum atomic E-state index is 0.627. The van der Waals surface area contributed by atoms with Crippen molar-refractivity contribution in [2.24, 2.45) is 0 Å². The quantitative estimate of drug-likeness (QED) is 0.717. The van der Waals surface area contributed by atoms with Gasteiger partial charge in [0.1, 0.15) is 5.65 Å². The minimum Gasteiger partial charge on any atom is -0.478 e. The molecule has 0 aliphatic carbocycles. The number of nitrogens with zero attached hydrogens (tertiary/aromatic N) is 3. The molecule has 0 unspecified atom stereocenters. The zero-order valence-electron chi connectivity index (χ0n) is 10.8. The first kappa shape index (κ1) is 11.7. The summed E-state index contributed by atoms with van der Waals surface area (Å²) in [6.07, 6.45) is 6.42. The smallest absolute Gasteiger partial charge is 0.199 e. The number of aryl methyl sites for hydroxylation is 1. The second kappa shape index (κ2) is 5.10. The summed E-state index contributed by atoms with van der Waals surface area (Å²) in [6, 6.07) is 9.96. The van der Waals surface area contributed by atoms with Gasteiger partial charge in [-0.15, -0.1) is 0 Å². The van der Waals surface area contributed by atoms with Gasteiger partial charge in [-0.1, -0.05) is 12.1 Å². The summed E-state index contributed by atoms with van der Waals surface area (Å²) in [6.45, 7) is 2.61. The van der Waals surface area contributed by atoms with Crippen LogP contribution in [-0.4, -0.2) is 21.0 Å². The highest BCUT2D eigenvalue weighted by molar-refractivity contribution is 5.41. The van der Waals surface area contributed by atoms with Crippen LogP contribution >= 0.6 is 0 Å². The summed E-state index contributed by atoms with van der Waals surface area (Å²) in [5.74, 6) is 0.815. The van der Waals surface area contributed by atoms with Gasteiger partial charge in [-0.2, -0.15) is 0 Å². The maximum Gasteiger partial charge on any atom is 0.199 e. The Hall–Kier alpha value is -2.36. The Bertz CT molecular complexity index is 673. The molecule has 3 rings (SSSR count). The van der Waals surface area contributed by atoms with E-state index >= 15 is 0 Å². The van der Waals surface area contributed by atoms with Gasteiger partial charge in [-0.25, -0.2) is 4.98 Å². The van der Waals surface area contributed by atoms with Gasteiger partial charge < -0.3 is 4.74 Å². The fourth-order valence-electron chi connectivity index (χ4n) is 1.96. The third-order valence-corrected chi connectivity index (χ3v) is 3.00. The van der Waals surface area contributed by atoms with E-state index in [0.717, 1.165) is 23.6 Å². The van der Waals surface area contributed by atoms with Crippen molar-refractivity contribution < 1.29 is 4.74 Å². The van der Waals surface area contributed by atoms with Crippen LogP contribution in [0.5, 0.6) is 5.88 Å². The van der Waals surface area contributed by atoms with Crippen molar-refractivity contribution in [3.05, 3.63) is 60.2 Å². The summed E-state index contributed by atoms with van der Waals surface area (Å²) in [7, 11) is 0. The highest BCUT2D eigenvalue weighted by atomic mass is 16.5. The molecule has 0 radical (unpaired) electrons. The molecule has 0 spiro atoms. The number of rotatable bonds is 4. The van der Waals surface area contributed by atoms with Crippen molar-refractivity contribution in [2.45, 2.75) is 13.3 Å². The fourth-order valence-corrected chi connectivity index (χ4v) is 1.96. The number of ether oxygens (including phenoxy) is 1. The zero-order chi connectivity index (χ0) is 13.1. The van der Waals surface area contributed by atoms with Crippen molar-refractivity contribution in [1.82, 2.24) is 14.4 Å². The maximum absolute atomic E-state index is 5.81. The SMILES string of the molecule is Cc1ccc(CCOc2cccc3nccn23)cn1. The molecule has 0 aromatic carbocycles. The molecule has 0 N–H and O–H groups in total. The molecule has 4 heteroatoms. The molecule has 96 valence electrons. The Kier molecular flexibility index (Phi) is 3.14. The van der Waals surface area contributed by atoms with Gasteiger partial charge in [0.25, 0.3) is 0 Å². The number of fused-ring (bicyclic) bond motifs is 1. The summed E-state index contributed by atoms with van der Waals surface area (Å²) in [5, 5.41) is 0. The largest absolute Gasteiger partial charge is 0.478 e. The van der Waals surface area contributed by atoms with E-state index in [-0.39, 0.29) is 0 Å². The highest BCUT2D eigenvalue weighted by Crippen LogP contribution is 2.13. The third-order valence-electron chi connectivity index (χ3n) is 3.00. The van der Waals surface area contributed by atoms with Gasteiger partial charge in [-0.05, 0) is 30.7 Å². The Morgan fingerprint density at radius 3 is 2.95 bits per heavy atom. The van der Waals surface area contributed by atoms with Crippen LogP contribution in [0.3, 0.4) is 0 Å². The molecule has 3 aromatic rings. The Labute approximate surface area is 111 Å². The standard InChI is InChI=1S/C15H15N3O/c1-12-5-6-13(11-17-12)7-10-19-15-4-2-3-14-16-8-9-18(14)15/h2-6,8-9,11H,7,10H2,1H3. The summed E-state index contributed by atoms with van der Waals surface area (Å²) >= 11 is 0. The lowest BCUT2D eigenvalue weighted by atomic mass is 10.2. The lowest BCUT2D eigenvalue weighted by molar-refractivity contribution is 0.305. The first-order chi connectivity index (χ1) is 9.33. The normalized spacial score (nSPS) is 10.8. The number of hydrogen-bond donors (Lipinski definition) is 0. The van der Waals surface area contributed by atoms with Gasteiger partial charge in [0.15, 0.2) is 5.88 Å². The van der Waals surface area contributed by atoms with Crippen LogP contribution in [0.15, 0.2) is 48.9 Å². The van der Waals surface area contributed by atoms with Crippen LogP contribution in [0.1, 0.15) is 11.3 Å². The summed E-state index contributed by atoms with van der Waals surface area (Å²) < 4.78 is 7.74. The lowest BCUT2D eigenvalue weighted by Gasteiger charge is -2.08. The van der Waals surface area contributed by atoms with Gasteiger partial charge >= 0.3 is 0 Å². The molecule has 3 aromatic heterocycles. The van der Waals surface area contributed by atoms with E-state index < -0.39 is 0 Å². The van der Waals surface area contributed by atoms with Crippen LogP contribution in [0.25, 0.3) is 5.65 Å². The fraction of sp³-hybridized carbons (Fsp3) is 0.200. The van der Waals surface area contributed by atoms with E-state index in [4.69, 9.17) is 4.74 Å². The Balaban J connectivity index is 1.66. The van der Waals surface area contributed by atoms with E-state index in [9.17, 15) is 0 Å². The topological polar surface area (TPSA) is 39.4 Å². The van der Waals surface area contributed by atoms with Crippen LogP contribution < -0.4 is 4.74 Å². The van der Waals surface area contributed by atoms with Crippen LogP contribution in [-0.2, 0) is 6.42 Å². The highest BCUT2D eigenvalue weighted by Gasteiger charge is 2.01. The van der Waals surface area contributed by atoms with Crippen LogP contribution in [0.4, 0.5) is 0 Å². The molecule has 0 atom stereocenters. The van der Waals surface area contributed by atoms with Crippen LogP contribution in [0.2, 0.25) is 0 Å². The average molecular weight is 253 g/mol. The Morgan fingerprint density at radius 2 is 2.11 bits per heavy atom. The first-order valence-electron chi connectivity index (χ1n) is 6.29. The maximum atomic E-state index is 5.81. The summed E-state index contributed by atoms with van der Waals surface area (Å²) in [4.78, 5) is 8.50. The molecule has 0 saturated heterocycles. The number of pyridine rings is 2. The minimum absolute atomic E-state index is 0.627. The monoisotopic (exact) mass is 253 g/mol. The molecule has 0 fully saturated rings. The van der Waals surface area contributed by atoms with Gasteiger partial charge in [-0.3, -0.25) is 9.38 Å². The van der Waals surface area contributed by atoms with E-state index in [1.54, 1.807) is 6.20 Å². The first-order valence-corrected chi connectivity index (χ1v) is 6.29. The van der Waals surface area contributed by atoms with E-state index in [1.165, 1.54) is 5.56 Å². The second-order valence-corrected chi connectivity index (χ2v) is 4.43. The predicted octanol–water partition coefficient (Wildman–Crippen LogP) is 2.66. The van der Waals surface area contributed by atoms with Crippen molar-refractivity contribution >= 4 is 5.65 Å². The van der Waals surface area contributed by atoms with Crippen molar-refractivity contribution in [3.63, 3.8) is 0 Å². The predicted molar refractivity (Wildman–Crippen MR) is 73.4 cm³/mol. The molecular weight excluding hydrogens is 238 g/mol. The molecule has 0 bridgehead atoms. The van der Waals surface area contributed by atoms with Crippen LogP contribution in [0, 0.1) is 6.92 Å². The molecule has 19 heavy (non-hydrogen) atoms. The van der Waals surface area contributed by atoms with Crippen molar-refractivity contribution in [2.75, 3.05) is 6.61 Å². The average Bonchev–Trinajstić information content (AvgIpc) is 2.90. The van der Waals surface area contributed by atoms with Gasteiger partial charge in [0, 0.05) is 30.7 Å². The molecule has 0 aliphatic rings. The van der Waals surface area contributed by atoms with Gasteiger partial charge in [0.05, 0.1) is 6.61 Å². The molecule has 0 aliphatic heterocycles. The number of aromatic nitrogens is 3. The molecular formula is C15H15N3O. The molecule has 3 heterocycles. The summed E-state index contributed by atoms with van der Waals surface area (Å²) in [5.41, 5.74) is 3.12. The second-order valence-electron chi connectivity index (χ2n) is 4.43. The van der Waals surface area contributed by atoms with E-state index in [2.05, 4.69) is 16.0 Å². The molecule has 4 nitrogen and oxygen atoms in total. The van der Waals surface area contributed by atoms with Crippen molar-refractivity contribution in [1.29, 1.82) is 0 Å². The molecule has 0 saturated carbocycles. The van der Waals surface area contributed by atoms with E-state index in [1.807, 2.05) is 48.0 Å². The van der Waals surface area contributed by atoms with Crippen molar-refractivity contribution in [3.8, 4) is 5.88 Å². The molecule has 0 amide bonds.